The highest BCUT2D eigenvalue weighted by Gasteiger charge is 2.57. The van der Waals surface area contributed by atoms with Gasteiger partial charge >= 0.3 is 5.97 Å². The van der Waals surface area contributed by atoms with E-state index in [4.69, 9.17) is 9.84 Å². The Morgan fingerprint density at radius 1 is 1.09 bits per heavy atom. The molecule has 2 rings (SSSR count). The zero-order valence-electron chi connectivity index (χ0n) is 22.2. The van der Waals surface area contributed by atoms with Crippen LogP contribution < -0.4 is 5.32 Å². The molecule has 1 saturated heterocycles. The number of hydrogen-bond donors (Lipinski definition) is 2. The summed E-state index contributed by atoms with van der Waals surface area (Å²) in [7, 11) is 0. The first-order valence-corrected chi connectivity index (χ1v) is 12.9. The summed E-state index contributed by atoms with van der Waals surface area (Å²) in [5, 5.41) is 12.3. The van der Waals surface area contributed by atoms with Crippen molar-refractivity contribution in [2.45, 2.75) is 92.2 Å². The average Bonchev–Trinajstić information content (AvgIpc) is 3.00. The largest absolute Gasteiger partial charge is 0.466 e. The van der Waals surface area contributed by atoms with Gasteiger partial charge < -0.3 is 20.1 Å². The Hall–Kier alpha value is -1.89. The highest BCUT2D eigenvalue weighted by molar-refractivity contribution is 5.96. The molecule has 0 saturated carbocycles. The SMILES string of the molecule is CCOC(=O)[C@H]1[C@@H]2C(=O)N(CCCCCO)[C@H](C(=O)NC(C)(C)CC(C)(C)C)[C@H]2C=C[C@H]1CC. The number of ether oxygens (including phenoxy) is 1. The number of esters is 1. The van der Waals surface area contributed by atoms with Gasteiger partial charge in [-0.15, -0.1) is 0 Å². The smallest absolute Gasteiger partial charge is 0.310 e. The van der Waals surface area contributed by atoms with Crippen LogP contribution in [0.4, 0.5) is 0 Å². The van der Waals surface area contributed by atoms with E-state index < -0.39 is 23.4 Å². The van der Waals surface area contributed by atoms with Gasteiger partial charge in [-0.05, 0) is 64.2 Å². The van der Waals surface area contributed by atoms with E-state index in [0.717, 1.165) is 19.3 Å². The van der Waals surface area contributed by atoms with Gasteiger partial charge in [0.2, 0.25) is 11.8 Å². The van der Waals surface area contributed by atoms with Crippen molar-refractivity contribution in [3.63, 3.8) is 0 Å². The van der Waals surface area contributed by atoms with Crippen LogP contribution in [0.2, 0.25) is 0 Å². The molecule has 34 heavy (non-hydrogen) atoms. The highest BCUT2D eigenvalue weighted by atomic mass is 16.5. The van der Waals surface area contributed by atoms with Crippen LogP contribution in [0.25, 0.3) is 0 Å². The number of aliphatic hydroxyl groups is 1. The van der Waals surface area contributed by atoms with Crippen LogP contribution in [0.15, 0.2) is 12.2 Å². The number of likely N-dealkylation sites (tertiary alicyclic amines) is 1. The van der Waals surface area contributed by atoms with Crippen molar-refractivity contribution in [2.24, 2.45) is 29.1 Å². The summed E-state index contributed by atoms with van der Waals surface area (Å²) in [5.74, 6) is -2.27. The predicted octanol–water partition coefficient (Wildman–Crippen LogP) is 3.70. The molecule has 7 nitrogen and oxygen atoms in total. The maximum absolute atomic E-state index is 13.7. The lowest BCUT2D eigenvalue weighted by molar-refractivity contribution is -0.155. The Morgan fingerprint density at radius 3 is 2.32 bits per heavy atom. The summed E-state index contributed by atoms with van der Waals surface area (Å²) in [6.07, 6.45) is 7.64. The van der Waals surface area contributed by atoms with Crippen molar-refractivity contribution < 1.29 is 24.2 Å². The minimum absolute atomic E-state index is 0.0306. The van der Waals surface area contributed by atoms with Gasteiger partial charge in [-0.3, -0.25) is 14.4 Å². The first-order valence-electron chi connectivity index (χ1n) is 12.9. The zero-order chi connectivity index (χ0) is 25.7. The van der Waals surface area contributed by atoms with Crippen LogP contribution >= 0.6 is 0 Å². The Kier molecular flexibility index (Phi) is 9.75. The van der Waals surface area contributed by atoms with Crippen LogP contribution in [-0.2, 0) is 19.1 Å². The molecule has 7 heteroatoms. The maximum Gasteiger partial charge on any atom is 0.310 e. The van der Waals surface area contributed by atoms with Gasteiger partial charge in [0.1, 0.15) is 6.04 Å². The number of nitrogens with zero attached hydrogens (tertiary/aromatic N) is 1. The maximum atomic E-state index is 13.7. The third kappa shape index (κ3) is 6.83. The molecule has 0 aromatic carbocycles. The minimum atomic E-state index is -0.656. The fourth-order valence-corrected chi connectivity index (χ4v) is 6.04. The third-order valence-corrected chi connectivity index (χ3v) is 6.90. The molecule has 1 aliphatic heterocycles. The van der Waals surface area contributed by atoms with Crippen LogP contribution in [0.3, 0.4) is 0 Å². The van der Waals surface area contributed by atoms with E-state index in [1.165, 1.54) is 0 Å². The molecule has 0 aromatic heterocycles. The molecule has 1 fully saturated rings. The lowest BCUT2D eigenvalue weighted by atomic mass is 9.69. The molecule has 0 bridgehead atoms. The molecule has 0 spiro atoms. The zero-order valence-corrected chi connectivity index (χ0v) is 22.2. The molecular weight excluding hydrogens is 432 g/mol. The van der Waals surface area contributed by atoms with Crippen molar-refractivity contribution in [1.29, 1.82) is 0 Å². The van der Waals surface area contributed by atoms with E-state index in [9.17, 15) is 14.4 Å². The van der Waals surface area contributed by atoms with E-state index in [1.54, 1.807) is 11.8 Å². The second kappa shape index (κ2) is 11.7. The number of carbonyl (C=O) groups excluding carboxylic acids is 3. The molecule has 0 aromatic rings. The van der Waals surface area contributed by atoms with Crippen molar-refractivity contribution in [3.05, 3.63) is 12.2 Å². The number of fused-ring (bicyclic) bond motifs is 1. The normalized spacial score (nSPS) is 27.0. The lowest BCUT2D eigenvalue weighted by Gasteiger charge is -2.37. The number of rotatable bonds is 11. The van der Waals surface area contributed by atoms with E-state index >= 15 is 0 Å². The molecule has 2 aliphatic rings. The number of carbonyl (C=O) groups is 3. The van der Waals surface area contributed by atoms with Crippen molar-refractivity contribution in [3.8, 4) is 0 Å². The Morgan fingerprint density at radius 2 is 1.76 bits per heavy atom. The van der Waals surface area contributed by atoms with Gasteiger partial charge in [-0.25, -0.2) is 0 Å². The van der Waals surface area contributed by atoms with Crippen LogP contribution in [-0.4, -0.2) is 59.1 Å². The second-order valence-electron chi connectivity index (χ2n) is 11.7. The molecule has 194 valence electrons. The fraction of sp³-hybridized carbons (Fsp3) is 0.815. The van der Waals surface area contributed by atoms with Gasteiger partial charge in [0.25, 0.3) is 0 Å². The highest BCUT2D eigenvalue weighted by Crippen LogP contribution is 2.45. The summed E-state index contributed by atoms with van der Waals surface area (Å²) >= 11 is 0. The molecule has 2 amide bonds. The monoisotopic (exact) mass is 478 g/mol. The van der Waals surface area contributed by atoms with Crippen molar-refractivity contribution in [1.82, 2.24) is 10.2 Å². The van der Waals surface area contributed by atoms with Gasteiger partial charge in [-0.2, -0.15) is 0 Å². The second-order valence-corrected chi connectivity index (χ2v) is 11.7. The molecule has 0 unspecified atom stereocenters. The molecule has 2 N–H and O–H groups in total. The van der Waals surface area contributed by atoms with Gasteiger partial charge in [0, 0.05) is 24.6 Å². The van der Waals surface area contributed by atoms with Crippen LogP contribution in [0.5, 0.6) is 0 Å². The summed E-state index contributed by atoms with van der Waals surface area (Å²) in [6, 6.07) is -0.656. The number of nitrogens with one attached hydrogen (secondary N) is 1. The van der Waals surface area contributed by atoms with E-state index in [-0.39, 0.29) is 48.2 Å². The molecule has 0 radical (unpaired) electrons. The van der Waals surface area contributed by atoms with Gasteiger partial charge in [0.15, 0.2) is 0 Å². The molecule has 1 aliphatic carbocycles. The van der Waals surface area contributed by atoms with Crippen molar-refractivity contribution in [2.75, 3.05) is 19.8 Å². The quantitative estimate of drug-likeness (QED) is 0.268. The predicted molar refractivity (Wildman–Crippen MR) is 133 cm³/mol. The molecule has 1 heterocycles. The van der Waals surface area contributed by atoms with E-state index in [2.05, 4.69) is 26.1 Å². The van der Waals surface area contributed by atoms with Crippen molar-refractivity contribution >= 4 is 17.8 Å². The van der Waals surface area contributed by atoms with Gasteiger partial charge in [0.05, 0.1) is 18.4 Å². The van der Waals surface area contributed by atoms with Gasteiger partial charge in [-0.1, -0.05) is 39.8 Å². The first-order chi connectivity index (χ1) is 15.9. The summed E-state index contributed by atoms with van der Waals surface area (Å²) in [5.41, 5.74) is -0.410. The lowest BCUT2D eigenvalue weighted by Crippen LogP contribution is -2.54. The number of hydrogen-bond acceptors (Lipinski definition) is 5. The Labute approximate surface area is 205 Å². The fourth-order valence-electron chi connectivity index (χ4n) is 6.04. The standard InChI is InChI=1S/C27H46N2O5/c1-8-18-13-14-19-21(20(18)25(33)34-9-2)24(32)29(15-11-10-12-16-30)22(19)23(31)28-27(6,7)17-26(3,4)5/h13-14,18-22,30H,8-12,15-17H2,1-7H3,(H,28,31)/t18-,19+,20-,21-,22+/m1/s1. The summed E-state index contributed by atoms with van der Waals surface area (Å²) in [4.78, 5) is 42.1. The average molecular weight is 479 g/mol. The Balaban J connectivity index is 2.39. The third-order valence-electron chi connectivity index (χ3n) is 6.90. The van der Waals surface area contributed by atoms with Crippen LogP contribution in [0, 0.1) is 29.1 Å². The van der Waals surface area contributed by atoms with Crippen LogP contribution in [0.1, 0.15) is 80.6 Å². The first kappa shape index (κ1) is 28.3. The number of amides is 2. The summed E-state index contributed by atoms with van der Waals surface area (Å²) in [6.45, 7) is 15.0. The number of allylic oxidation sites excluding steroid dienone is 1. The number of aliphatic hydroxyl groups excluding tert-OH is 1. The minimum Gasteiger partial charge on any atom is -0.466 e. The van der Waals surface area contributed by atoms with E-state index in [0.29, 0.717) is 19.4 Å². The topological polar surface area (TPSA) is 95.9 Å². The number of unbranched alkanes of at least 4 members (excludes halogenated alkanes) is 2. The Bertz CT molecular complexity index is 755. The molecular formula is C27H46N2O5. The van der Waals surface area contributed by atoms with E-state index in [1.807, 2.05) is 32.9 Å². The summed E-state index contributed by atoms with van der Waals surface area (Å²) < 4.78 is 5.38. The molecule has 5 atom stereocenters.